The molecule has 18 nitrogen and oxygen atoms in total. The lowest BCUT2D eigenvalue weighted by Gasteiger charge is -2.32. The van der Waals surface area contributed by atoms with Crippen LogP contribution < -0.4 is 20.9 Å². The van der Waals surface area contributed by atoms with E-state index >= 15 is 0 Å². The fourth-order valence-corrected chi connectivity index (χ4v) is 7.88. The van der Waals surface area contributed by atoms with E-state index in [1.54, 1.807) is 58.8 Å². The van der Waals surface area contributed by atoms with Gasteiger partial charge in [-0.15, -0.1) is 0 Å². The number of aromatic nitrogens is 12. The van der Waals surface area contributed by atoms with Crippen molar-refractivity contribution < 1.29 is 18.3 Å². The molecule has 2 saturated heterocycles. The minimum Gasteiger partial charge on any atom is -0.368 e. The Hall–Kier alpha value is -6.74. The maximum atomic E-state index is 14.9. The third-order valence-electron chi connectivity index (χ3n) is 11.2. The highest BCUT2D eigenvalue weighted by molar-refractivity contribution is 6.31. The minimum absolute atomic E-state index is 0.119. The summed E-state index contributed by atoms with van der Waals surface area (Å²) in [6.45, 7) is 6.12. The molecule has 22 heteroatoms. The molecule has 334 valence electrons. The fourth-order valence-electron chi connectivity index (χ4n) is 7.56. The first-order valence-corrected chi connectivity index (χ1v) is 21.1. The molecule has 0 spiro atoms. The third kappa shape index (κ3) is 8.52. The highest BCUT2D eigenvalue weighted by Gasteiger charge is 2.30. The molecule has 2 atom stereocenters. The van der Waals surface area contributed by atoms with Gasteiger partial charge < -0.3 is 28.8 Å². The summed E-state index contributed by atoms with van der Waals surface area (Å²) in [7, 11) is 5.14. The molecule has 0 radical (unpaired) electrons. The molecule has 6 aromatic heterocycles. The van der Waals surface area contributed by atoms with Gasteiger partial charge in [0.15, 0.2) is 11.0 Å². The van der Waals surface area contributed by atoms with Crippen LogP contribution in [0.25, 0.3) is 44.6 Å². The molecule has 1 N–H and O–H groups in total. The molecule has 8 heterocycles. The molecule has 8 aromatic rings. The maximum absolute atomic E-state index is 14.9. The zero-order chi connectivity index (χ0) is 45.7. The van der Waals surface area contributed by atoms with E-state index in [4.69, 9.17) is 32.7 Å². The zero-order valence-electron chi connectivity index (χ0n) is 35.6. The van der Waals surface area contributed by atoms with Crippen LogP contribution in [0.3, 0.4) is 0 Å². The Morgan fingerprint density at radius 3 is 1.65 bits per heavy atom. The van der Waals surface area contributed by atoms with Crippen LogP contribution in [0.15, 0.2) is 70.9 Å². The molecule has 0 aliphatic carbocycles. The van der Waals surface area contributed by atoms with Crippen molar-refractivity contribution in [2.75, 3.05) is 49.2 Å². The van der Waals surface area contributed by atoms with Crippen molar-refractivity contribution >= 4 is 57.2 Å². The van der Waals surface area contributed by atoms with E-state index in [9.17, 15) is 18.4 Å². The first kappa shape index (κ1) is 43.5. The number of ether oxygens (including phenoxy) is 2. The molecule has 2 unspecified atom stereocenters. The molecule has 2 fully saturated rings. The lowest BCUT2D eigenvalue weighted by atomic mass is 10.1. The molecule has 10 rings (SSSR count). The number of rotatable bonds is 6. The average molecular weight is 926 g/mol. The molecule has 0 bridgehead atoms. The second kappa shape index (κ2) is 17.7. The third-order valence-corrected chi connectivity index (χ3v) is 11.7. The van der Waals surface area contributed by atoms with E-state index in [1.807, 2.05) is 27.6 Å². The topological polar surface area (TPSA) is 193 Å². The smallest absolute Gasteiger partial charge is 0.279 e. The number of halogens is 4. The van der Waals surface area contributed by atoms with Gasteiger partial charge in [-0.3, -0.25) is 18.7 Å². The SMILES string of the molecule is Cc1nc2c(-c3ccc(Cl)cc3F)nc(N3CCOC(c4cn(C)cn4)C3)nc2c(=O)n1C.Cc1nc2c(-c3ccc(Cl)cc3F)nc(N3CCOC(c4ncc[nH]4)C3)nc2c(=O)n1C. The van der Waals surface area contributed by atoms with Crippen molar-refractivity contribution in [3.8, 4) is 22.5 Å². The fraction of sp³-hybridized carbons (Fsp3) is 0.302. The predicted molar refractivity (Wildman–Crippen MR) is 239 cm³/mol. The number of morpholine rings is 2. The van der Waals surface area contributed by atoms with Crippen LogP contribution in [0.4, 0.5) is 20.7 Å². The number of aromatic amines is 1. The van der Waals surface area contributed by atoms with Gasteiger partial charge in [-0.1, -0.05) is 23.2 Å². The number of nitrogens with zero attached hydrogens (tertiary/aromatic N) is 13. The van der Waals surface area contributed by atoms with Gasteiger partial charge in [0, 0.05) is 74.0 Å². The first-order valence-electron chi connectivity index (χ1n) is 20.4. The quantitative estimate of drug-likeness (QED) is 0.217. The highest BCUT2D eigenvalue weighted by atomic mass is 35.5. The number of anilines is 2. The Morgan fingerprint density at radius 1 is 0.677 bits per heavy atom. The van der Waals surface area contributed by atoms with Crippen LogP contribution >= 0.6 is 23.2 Å². The Morgan fingerprint density at radius 2 is 1.18 bits per heavy atom. The van der Waals surface area contributed by atoms with Gasteiger partial charge >= 0.3 is 0 Å². The molecule has 2 aliphatic heterocycles. The normalized spacial score (nSPS) is 16.6. The number of hydrogen-bond acceptors (Lipinski definition) is 14. The standard InChI is InChI=1S/C22H21ClFN7O2.C21H19ClFN7O2/c1-12-26-19-18(14-5-4-13(23)8-15(14)24)27-22(28-20(19)21(32)30(12)3)31-6-7-33-17(10-31)16-9-29(2)11-25-16;1-11-26-17-16(13-4-3-12(22)9-14(13)23)27-21(28-18(17)20(31)29(11)2)30-7-8-32-15(10-30)19-24-5-6-25-19/h4-5,8-9,11,17H,6-7,10H2,1-3H3;3-6,9,15H,7-8,10H2,1-2H3,(H,24,25). The summed E-state index contributed by atoms with van der Waals surface area (Å²) in [4.78, 5) is 69.0. The number of nitrogens with one attached hydrogen (secondary N) is 1. The molecule has 2 aliphatic rings. The average Bonchev–Trinajstić information content (AvgIpc) is 4.01. The van der Waals surface area contributed by atoms with Crippen LogP contribution in [0.5, 0.6) is 0 Å². The number of benzene rings is 2. The first-order chi connectivity index (χ1) is 31.2. The molecule has 0 saturated carbocycles. The summed E-state index contributed by atoms with van der Waals surface area (Å²) in [6.07, 6.45) is 6.39. The van der Waals surface area contributed by atoms with E-state index in [2.05, 4.69) is 44.9 Å². The maximum Gasteiger partial charge on any atom is 0.279 e. The van der Waals surface area contributed by atoms with Gasteiger partial charge in [-0.2, -0.15) is 0 Å². The van der Waals surface area contributed by atoms with Crippen molar-refractivity contribution in [3.63, 3.8) is 0 Å². The number of H-pyrrole nitrogens is 1. The van der Waals surface area contributed by atoms with Crippen LogP contribution in [-0.4, -0.2) is 97.9 Å². The second-order valence-electron chi connectivity index (χ2n) is 15.5. The van der Waals surface area contributed by atoms with Gasteiger partial charge in [-0.25, -0.2) is 48.7 Å². The van der Waals surface area contributed by atoms with Crippen molar-refractivity contribution in [3.05, 3.63) is 127 Å². The largest absolute Gasteiger partial charge is 0.368 e. The summed E-state index contributed by atoms with van der Waals surface area (Å²) < 4.78 is 46.2. The van der Waals surface area contributed by atoms with E-state index in [-0.39, 0.29) is 78.0 Å². The zero-order valence-corrected chi connectivity index (χ0v) is 37.1. The van der Waals surface area contributed by atoms with E-state index in [0.717, 1.165) is 5.69 Å². The van der Waals surface area contributed by atoms with Crippen LogP contribution in [0.2, 0.25) is 10.0 Å². The molecule has 2 aromatic carbocycles. The summed E-state index contributed by atoms with van der Waals surface area (Å²) in [5, 5.41) is 0.528. The number of aryl methyl sites for hydroxylation is 3. The molecule has 0 amide bonds. The van der Waals surface area contributed by atoms with Crippen LogP contribution in [0, 0.1) is 25.5 Å². The monoisotopic (exact) mass is 924 g/mol. The lowest BCUT2D eigenvalue weighted by Crippen LogP contribution is -2.40. The van der Waals surface area contributed by atoms with Crippen molar-refractivity contribution in [1.82, 2.24) is 58.6 Å². The number of fused-ring (bicyclic) bond motifs is 2. The molecule has 65 heavy (non-hydrogen) atoms. The summed E-state index contributed by atoms with van der Waals surface area (Å²) in [6, 6.07) is 8.64. The van der Waals surface area contributed by atoms with Crippen LogP contribution in [0.1, 0.15) is 35.4 Å². The summed E-state index contributed by atoms with van der Waals surface area (Å²) in [5.74, 6) is 1.12. The molecular formula is C43H40Cl2F2N14O4. The highest BCUT2D eigenvalue weighted by Crippen LogP contribution is 2.33. The molecular weight excluding hydrogens is 885 g/mol. The van der Waals surface area contributed by atoms with Gasteiger partial charge in [-0.05, 0) is 50.2 Å². The minimum atomic E-state index is -0.556. The second-order valence-corrected chi connectivity index (χ2v) is 16.4. The Bertz CT molecular complexity index is 3240. The lowest BCUT2D eigenvalue weighted by molar-refractivity contribution is 0.0340. The summed E-state index contributed by atoms with van der Waals surface area (Å²) >= 11 is 11.9. The van der Waals surface area contributed by atoms with Crippen molar-refractivity contribution in [1.29, 1.82) is 0 Å². The predicted octanol–water partition coefficient (Wildman–Crippen LogP) is 5.60. The number of imidazole rings is 2. The van der Waals surface area contributed by atoms with Gasteiger partial charge in [0.2, 0.25) is 11.9 Å². The Labute approximate surface area is 378 Å². The number of hydrogen-bond donors (Lipinski definition) is 1. The Balaban J connectivity index is 0.000000164. The van der Waals surface area contributed by atoms with Crippen molar-refractivity contribution in [2.45, 2.75) is 26.1 Å². The van der Waals surface area contributed by atoms with Gasteiger partial charge in [0.1, 0.15) is 63.7 Å². The van der Waals surface area contributed by atoms with Crippen molar-refractivity contribution in [2.24, 2.45) is 21.1 Å². The summed E-state index contributed by atoms with van der Waals surface area (Å²) in [5.41, 5.74) is 1.73. The van der Waals surface area contributed by atoms with Gasteiger partial charge in [0.25, 0.3) is 11.1 Å². The van der Waals surface area contributed by atoms with E-state index in [1.165, 1.54) is 33.4 Å². The van der Waals surface area contributed by atoms with E-state index in [0.29, 0.717) is 68.8 Å². The van der Waals surface area contributed by atoms with Gasteiger partial charge in [0.05, 0.1) is 38.3 Å². The van der Waals surface area contributed by atoms with Crippen LogP contribution in [-0.2, 0) is 30.6 Å². The van der Waals surface area contributed by atoms with E-state index < -0.39 is 11.6 Å². The Kier molecular flexibility index (Phi) is 11.8.